The van der Waals surface area contributed by atoms with E-state index in [1.54, 1.807) is 13.8 Å². The van der Waals surface area contributed by atoms with Crippen LogP contribution in [-0.2, 0) is 0 Å². The van der Waals surface area contributed by atoms with E-state index in [2.05, 4.69) is 26.2 Å². The van der Waals surface area contributed by atoms with Crippen LogP contribution in [0.5, 0.6) is 5.75 Å². The van der Waals surface area contributed by atoms with Gasteiger partial charge in [0.15, 0.2) is 11.0 Å². The molecule has 0 unspecified atom stereocenters. The fourth-order valence-electron chi connectivity index (χ4n) is 1.94. The molecule has 0 atom stereocenters. The summed E-state index contributed by atoms with van der Waals surface area (Å²) in [5.74, 6) is -0.790. The van der Waals surface area contributed by atoms with E-state index >= 15 is 0 Å². The van der Waals surface area contributed by atoms with Gasteiger partial charge in [0.05, 0.1) is 23.0 Å². The number of pyridine rings is 1. The molecule has 0 bridgehead atoms. The van der Waals surface area contributed by atoms with Crippen molar-refractivity contribution in [1.29, 1.82) is 0 Å². The first-order valence-corrected chi connectivity index (χ1v) is 7.14. The fourth-order valence-corrected chi connectivity index (χ4v) is 2.46. The van der Waals surface area contributed by atoms with Gasteiger partial charge in [0.25, 0.3) is 0 Å². The molecule has 0 fully saturated rings. The van der Waals surface area contributed by atoms with Crippen LogP contribution in [0.1, 0.15) is 11.1 Å². The molecule has 2 rings (SSSR count). The molecule has 0 aliphatic heterocycles. The average molecular weight is 378 g/mol. The molecule has 0 aliphatic rings. The molecule has 0 radical (unpaired) electrons. The summed E-state index contributed by atoms with van der Waals surface area (Å²) in [5.41, 5.74) is 1.53. The molecule has 112 valence electrons. The second-order valence-electron chi connectivity index (χ2n) is 4.40. The predicted molar refractivity (Wildman–Crippen MR) is 82.6 cm³/mol. The Balaban J connectivity index is 2.60. The first-order valence-electron chi connectivity index (χ1n) is 5.97. The van der Waals surface area contributed by atoms with Gasteiger partial charge in [0, 0.05) is 23.4 Å². The van der Waals surface area contributed by atoms with Crippen LogP contribution >= 0.6 is 27.5 Å². The third kappa shape index (κ3) is 2.96. The molecule has 0 spiro atoms. The van der Waals surface area contributed by atoms with Crippen LogP contribution in [0.2, 0.25) is 5.15 Å². The topological polar surface area (TPSA) is 34.1 Å². The highest BCUT2D eigenvalue weighted by Gasteiger charge is 2.18. The minimum Gasteiger partial charge on any atom is -0.496 e. The van der Waals surface area contributed by atoms with Crippen molar-refractivity contribution in [2.24, 2.45) is 0 Å². The first kappa shape index (κ1) is 16.0. The second-order valence-corrected chi connectivity index (χ2v) is 5.61. The molecule has 1 aromatic carbocycles. The Morgan fingerprint density at radius 3 is 2.52 bits per heavy atom. The summed E-state index contributed by atoms with van der Waals surface area (Å²) in [6.45, 7) is 3.35. The molecule has 2 aromatic rings. The van der Waals surface area contributed by atoms with Crippen molar-refractivity contribution in [3.63, 3.8) is 0 Å². The van der Waals surface area contributed by atoms with Crippen LogP contribution in [0.15, 0.2) is 16.7 Å². The van der Waals surface area contributed by atoms with Crippen molar-refractivity contribution in [2.75, 3.05) is 12.4 Å². The zero-order valence-electron chi connectivity index (χ0n) is 11.5. The molecule has 0 aliphatic carbocycles. The van der Waals surface area contributed by atoms with Crippen molar-refractivity contribution in [3.8, 4) is 5.75 Å². The van der Waals surface area contributed by atoms with E-state index in [9.17, 15) is 8.78 Å². The second kappa shape index (κ2) is 6.15. The largest absolute Gasteiger partial charge is 0.496 e. The van der Waals surface area contributed by atoms with Gasteiger partial charge in [0.1, 0.15) is 11.6 Å². The lowest BCUT2D eigenvalue weighted by atomic mass is 10.1. The molecule has 0 amide bonds. The Kier molecular flexibility index (Phi) is 4.68. The Morgan fingerprint density at radius 2 is 1.90 bits per heavy atom. The molecule has 1 heterocycles. The quantitative estimate of drug-likeness (QED) is 0.752. The normalized spacial score (nSPS) is 10.6. The van der Waals surface area contributed by atoms with Gasteiger partial charge in [-0.05, 0) is 29.8 Å². The minimum atomic E-state index is -0.715. The highest BCUT2D eigenvalue weighted by atomic mass is 79.9. The SMILES string of the molecule is COc1cc(F)c(C)c(Nc2c(Br)cnc(Cl)c2F)c1C. The number of anilines is 2. The number of hydrogen-bond acceptors (Lipinski definition) is 3. The van der Waals surface area contributed by atoms with Crippen LogP contribution in [0.4, 0.5) is 20.2 Å². The number of methoxy groups -OCH3 is 1. The lowest BCUT2D eigenvalue weighted by molar-refractivity contribution is 0.408. The van der Waals surface area contributed by atoms with Crippen LogP contribution in [-0.4, -0.2) is 12.1 Å². The summed E-state index contributed by atoms with van der Waals surface area (Å²) >= 11 is 8.87. The van der Waals surface area contributed by atoms with E-state index in [0.717, 1.165) is 0 Å². The average Bonchev–Trinajstić information content (AvgIpc) is 2.46. The van der Waals surface area contributed by atoms with Crippen LogP contribution in [0.25, 0.3) is 0 Å². The number of nitrogens with one attached hydrogen (secondary N) is 1. The van der Waals surface area contributed by atoms with Gasteiger partial charge in [0.2, 0.25) is 0 Å². The number of halogens is 4. The lowest BCUT2D eigenvalue weighted by Crippen LogP contribution is -2.04. The van der Waals surface area contributed by atoms with Crippen molar-refractivity contribution in [3.05, 3.63) is 44.7 Å². The van der Waals surface area contributed by atoms with E-state index in [1.807, 2.05) is 0 Å². The number of benzene rings is 1. The molecule has 21 heavy (non-hydrogen) atoms. The number of nitrogens with zero attached hydrogens (tertiary/aromatic N) is 1. The minimum absolute atomic E-state index is 0.0915. The molecule has 1 aromatic heterocycles. The monoisotopic (exact) mass is 376 g/mol. The molecular formula is C14H12BrClF2N2O. The summed E-state index contributed by atoms with van der Waals surface area (Å²) in [7, 11) is 1.45. The number of rotatable bonds is 3. The Labute approximate surface area is 134 Å². The van der Waals surface area contributed by atoms with Crippen LogP contribution in [0, 0.1) is 25.5 Å². The summed E-state index contributed by atoms with van der Waals surface area (Å²) in [6, 6.07) is 1.29. The van der Waals surface area contributed by atoms with Crippen LogP contribution in [0.3, 0.4) is 0 Å². The van der Waals surface area contributed by atoms with Gasteiger partial charge in [-0.15, -0.1) is 0 Å². The smallest absolute Gasteiger partial charge is 0.185 e. The van der Waals surface area contributed by atoms with Gasteiger partial charge >= 0.3 is 0 Å². The third-order valence-corrected chi connectivity index (χ3v) is 4.00. The predicted octanol–water partition coefficient (Wildman–Crippen LogP) is 5.14. The van der Waals surface area contributed by atoms with E-state index in [1.165, 1.54) is 19.4 Å². The van der Waals surface area contributed by atoms with Gasteiger partial charge in [-0.3, -0.25) is 0 Å². The summed E-state index contributed by atoms with van der Waals surface area (Å²) in [6.07, 6.45) is 1.37. The summed E-state index contributed by atoms with van der Waals surface area (Å²) in [5, 5.41) is 2.60. The van der Waals surface area contributed by atoms with Gasteiger partial charge in [-0.25, -0.2) is 13.8 Å². The Hall–Kier alpha value is -1.40. The summed E-state index contributed by atoms with van der Waals surface area (Å²) < 4.78 is 33.5. The maximum atomic E-state index is 14.1. The Bertz CT molecular complexity index is 710. The van der Waals surface area contributed by atoms with Crippen molar-refractivity contribution in [2.45, 2.75) is 13.8 Å². The zero-order valence-corrected chi connectivity index (χ0v) is 13.9. The molecule has 0 saturated carbocycles. The first-order chi connectivity index (χ1) is 9.86. The number of hydrogen-bond donors (Lipinski definition) is 1. The number of ether oxygens (including phenoxy) is 1. The standard InChI is InChI=1S/C14H12BrClF2N2O/c1-6-9(17)4-10(21-3)7(2)12(6)20-13-8(15)5-19-14(16)11(13)18/h4-5H,1-3H3,(H,19,20). The zero-order chi connectivity index (χ0) is 15.7. The molecular weight excluding hydrogens is 366 g/mol. The number of aromatic nitrogens is 1. The van der Waals surface area contributed by atoms with E-state index in [4.69, 9.17) is 16.3 Å². The van der Waals surface area contributed by atoms with Gasteiger partial charge in [-0.1, -0.05) is 11.6 Å². The Morgan fingerprint density at radius 1 is 1.24 bits per heavy atom. The maximum absolute atomic E-state index is 14.1. The van der Waals surface area contributed by atoms with Crippen molar-refractivity contribution in [1.82, 2.24) is 4.98 Å². The maximum Gasteiger partial charge on any atom is 0.185 e. The lowest BCUT2D eigenvalue weighted by Gasteiger charge is -2.17. The van der Waals surface area contributed by atoms with E-state index in [-0.39, 0.29) is 10.8 Å². The molecule has 0 saturated heterocycles. The fraction of sp³-hybridized carbons (Fsp3) is 0.214. The highest BCUT2D eigenvalue weighted by molar-refractivity contribution is 9.10. The third-order valence-electron chi connectivity index (χ3n) is 3.14. The van der Waals surface area contributed by atoms with Gasteiger partial charge < -0.3 is 10.1 Å². The summed E-state index contributed by atoms with van der Waals surface area (Å²) in [4.78, 5) is 3.68. The highest BCUT2D eigenvalue weighted by Crippen LogP contribution is 2.37. The molecule has 3 nitrogen and oxygen atoms in total. The van der Waals surface area contributed by atoms with E-state index < -0.39 is 11.6 Å². The van der Waals surface area contributed by atoms with E-state index in [0.29, 0.717) is 27.0 Å². The van der Waals surface area contributed by atoms with Crippen molar-refractivity contribution < 1.29 is 13.5 Å². The van der Waals surface area contributed by atoms with Crippen LogP contribution < -0.4 is 10.1 Å². The molecule has 1 N–H and O–H groups in total. The molecule has 7 heteroatoms. The van der Waals surface area contributed by atoms with Crippen molar-refractivity contribution >= 4 is 38.9 Å². The van der Waals surface area contributed by atoms with Gasteiger partial charge in [-0.2, -0.15) is 0 Å².